The van der Waals surface area contributed by atoms with Crippen LogP contribution in [0.4, 0.5) is 0 Å². The Bertz CT molecular complexity index is 1390. The van der Waals surface area contributed by atoms with E-state index >= 15 is 0 Å². The average molecular weight is 465 g/mol. The van der Waals surface area contributed by atoms with Crippen molar-refractivity contribution in [1.82, 2.24) is 19.0 Å². The zero-order valence-corrected chi connectivity index (χ0v) is 18.5. The van der Waals surface area contributed by atoms with Gasteiger partial charge in [0.15, 0.2) is 0 Å². The van der Waals surface area contributed by atoms with E-state index in [0.29, 0.717) is 27.7 Å². The lowest BCUT2D eigenvalue weighted by Gasteiger charge is -2.15. The first-order valence-electron chi connectivity index (χ1n) is 8.98. The van der Waals surface area contributed by atoms with Crippen LogP contribution in [0.25, 0.3) is 21.6 Å². The van der Waals surface area contributed by atoms with Gasteiger partial charge in [0.2, 0.25) is 21.7 Å². The second-order valence-electron chi connectivity index (χ2n) is 6.52. The van der Waals surface area contributed by atoms with Crippen molar-refractivity contribution in [2.24, 2.45) is 0 Å². The third kappa shape index (κ3) is 3.79. The molecule has 0 fully saturated rings. The predicted molar refractivity (Wildman–Crippen MR) is 115 cm³/mol. The molecule has 0 aliphatic rings. The van der Waals surface area contributed by atoms with Gasteiger partial charge in [0.1, 0.15) is 0 Å². The van der Waals surface area contributed by atoms with Gasteiger partial charge in [-0.1, -0.05) is 40.2 Å². The summed E-state index contributed by atoms with van der Waals surface area (Å²) in [4.78, 5) is 16.3. The monoisotopic (exact) mass is 464 g/mol. The lowest BCUT2D eigenvalue weighted by Crippen LogP contribution is -2.26. The van der Waals surface area contributed by atoms with Crippen molar-refractivity contribution in [3.8, 4) is 11.4 Å². The summed E-state index contributed by atoms with van der Waals surface area (Å²) in [6.07, 6.45) is 0. The third-order valence-corrected chi connectivity index (χ3v) is 7.55. The number of fused-ring (bicyclic) bond motifs is 1. The molecule has 0 bridgehead atoms. The number of nitrogens with zero attached hydrogens (tertiary/aromatic N) is 4. The van der Waals surface area contributed by atoms with Crippen molar-refractivity contribution in [3.05, 3.63) is 63.0 Å². The largest absolute Gasteiger partial charge is 0.338 e. The van der Waals surface area contributed by atoms with E-state index in [-0.39, 0.29) is 22.2 Å². The molecule has 0 unspecified atom stereocenters. The highest BCUT2D eigenvalue weighted by Crippen LogP contribution is 2.25. The van der Waals surface area contributed by atoms with Crippen molar-refractivity contribution < 1.29 is 12.9 Å². The number of halogens is 1. The Morgan fingerprint density at radius 3 is 2.77 bits per heavy atom. The minimum atomic E-state index is -3.82. The van der Waals surface area contributed by atoms with Gasteiger partial charge in [-0.25, -0.2) is 8.42 Å². The first-order valence-corrected chi connectivity index (χ1v) is 11.6. The standard InChI is InChI=1S/C19H17ClN4O4S2/c1-3-24-15-8-7-14(10-16(15)29-19(24)25)30(26,27)23(2)11-17-21-18(22-28-17)12-5-4-6-13(20)9-12/h4-10H,3,11H2,1-2H3. The topological polar surface area (TPSA) is 98.3 Å². The van der Waals surface area contributed by atoms with Crippen molar-refractivity contribution >= 4 is 43.2 Å². The van der Waals surface area contributed by atoms with Crippen LogP contribution in [0.2, 0.25) is 5.02 Å². The zero-order valence-electron chi connectivity index (χ0n) is 16.1. The molecule has 2 heterocycles. The summed E-state index contributed by atoms with van der Waals surface area (Å²) in [7, 11) is -2.39. The number of hydrogen-bond acceptors (Lipinski definition) is 7. The van der Waals surface area contributed by atoms with Gasteiger partial charge in [-0.05, 0) is 37.3 Å². The Kier molecular flexibility index (Phi) is 5.49. The lowest BCUT2D eigenvalue weighted by molar-refractivity contribution is 0.337. The predicted octanol–water partition coefficient (Wildman–Crippen LogP) is 3.61. The van der Waals surface area contributed by atoms with Crippen molar-refractivity contribution in [1.29, 1.82) is 0 Å². The molecule has 4 rings (SSSR count). The summed E-state index contributed by atoms with van der Waals surface area (Å²) in [6.45, 7) is 2.30. The Morgan fingerprint density at radius 1 is 1.23 bits per heavy atom. The van der Waals surface area contributed by atoms with Crippen LogP contribution in [0.5, 0.6) is 0 Å². The first kappa shape index (κ1) is 20.7. The number of aromatic nitrogens is 3. The highest BCUT2D eigenvalue weighted by molar-refractivity contribution is 7.89. The summed E-state index contributed by atoms with van der Waals surface area (Å²) in [6, 6.07) is 11.6. The molecule has 0 radical (unpaired) electrons. The number of hydrogen-bond donors (Lipinski definition) is 0. The number of aryl methyl sites for hydroxylation is 1. The number of benzene rings is 2. The van der Waals surface area contributed by atoms with Gasteiger partial charge < -0.3 is 4.52 Å². The minimum absolute atomic E-state index is 0.0941. The van der Waals surface area contributed by atoms with Gasteiger partial charge >= 0.3 is 4.87 Å². The van der Waals surface area contributed by atoms with Crippen LogP contribution in [0, 0.1) is 0 Å². The lowest BCUT2D eigenvalue weighted by atomic mass is 10.2. The fourth-order valence-corrected chi connectivity index (χ4v) is 5.43. The van der Waals surface area contributed by atoms with Crippen LogP contribution in [-0.2, 0) is 23.1 Å². The summed E-state index contributed by atoms with van der Waals surface area (Å²) in [5, 5.41) is 4.43. The zero-order chi connectivity index (χ0) is 21.5. The molecule has 0 saturated carbocycles. The Morgan fingerprint density at radius 2 is 2.03 bits per heavy atom. The minimum Gasteiger partial charge on any atom is -0.338 e. The summed E-state index contributed by atoms with van der Waals surface area (Å²) >= 11 is 7.01. The third-order valence-electron chi connectivity index (χ3n) is 4.57. The van der Waals surface area contributed by atoms with E-state index in [1.54, 1.807) is 34.9 Å². The molecular formula is C19H17ClN4O4S2. The number of sulfonamides is 1. The summed E-state index contributed by atoms with van der Waals surface area (Å²) in [5.74, 6) is 0.476. The number of thiazole rings is 1. The maximum atomic E-state index is 13.0. The van der Waals surface area contributed by atoms with Gasteiger partial charge in [0, 0.05) is 24.2 Å². The van der Waals surface area contributed by atoms with Gasteiger partial charge in [0.25, 0.3) is 0 Å². The van der Waals surface area contributed by atoms with Crippen LogP contribution in [0.3, 0.4) is 0 Å². The van der Waals surface area contributed by atoms with E-state index in [0.717, 1.165) is 21.2 Å². The second-order valence-corrected chi connectivity index (χ2v) is 10.00. The molecule has 30 heavy (non-hydrogen) atoms. The SMILES string of the molecule is CCn1c(=O)sc2cc(S(=O)(=O)N(C)Cc3nc(-c4cccc(Cl)c4)no3)ccc21. The fourth-order valence-electron chi connectivity index (χ4n) is 3.03. The molecule has 0 saturated heterocycles. The maximum Gasteiger partial charge on any atom is 0.308 e. The van der Waals surface area contributed by atoms with Gasteiger partial charge in [-0.2, -0.15) is 9.29 Å². The van der Waals surface area contributed by atoms with E-state index in [9.17, 15) is 13.2 Å². The molecule has 4 aromatic rings. The number of rotatable bonds is 6. The second kappa shape index (κ2) is 7.95. The molecule has 11 heteroatoms. The first-order chi connectivity index (χ1) is 14.3. The normalized spacial score (nSPS) is 12.1. The maximum absolute atomic E-state index is 13.0. The Hall–Kier alpha value is -2.53. The van der Waals surface area contributed by atoms with Crippen LogP contribution in [0.15, 0.2) is 56.7 Å². The van der Waals surface area contributed by atoms with Gasteiger partial charge in [-0.15, -0.1) is 0 Å². The molecule has 0 aliphatic heterocycles. The van der Waals surface area contributed by atoms with Crippen LogP contribution in [-0.4, -0.2) is 34.5 Å². The van der Waals surface area contributed by atoms with Gasteiger partial charge in [0.05, 0.1) is 21.7 Å². The van der Waals surface area contributed by atoms with Crippen molar-refractivity contribution in [3.63, 3.8) is 0 Å². The van der Waals surface area contributed by atoms with Crippen LogP contribution in [0.1, 0.15) is 12.8 Å². The molecule has 0 atom stereocenters. The van der Waals surface area contributed by atoms with E-state index in [1.807, 2.05) is 6.92 Å². The smallest absolute Gasteiger partial charge is 0.308 e. The quantitative estimate of drug-likeness (QED) is 0.432. The van der Waals surface area contributed by atoms with E-state index in [2.05, 4.69) is 10.1 Å². The summed E-state index contributed by atoms with van der Waals surface area (Å²) in [5.41, 5.74) is 1.39. The van der Waals surface area contributed by atoms with Gasteiger partial charge in [-0.3, -0.25) is 9.36 Å². The molecule has 8 nitrogen and oxygen atoms in total. The molecule has 156 valence electrons. The Labute approximate surface area is 181 Å². The van der Waals surface area contributed by atoms with E-state index in [1.165, 1.54) is 19.2 Å². The molecular weight excluding hydrogens is 448 g/mol. The van der Waals surface area contributed by atoms with Crippen LogP contribution >= 0.6 is 22.9 Å². The molecule has 2 aromatic heterocycles. The van der Waals surface area contributed by atoms with E-state index < -0.39 is 10.0 Å². The molecule has 0 amide bonds. The summed E-state index contributed by atoms with van der Waals surface area (Å²) < 4.78 is 34.6. The fraction of sp³-hybridized carbons (Fsp3) is 0.211. The average Bonchev–Trinajstić information content (AvgIpc) is 3.30. The van der Waals surface area contributed by atoms with E-state index in [4.69, 9.17) is 16.1 Å². The molecule has 0 spiro atoms. The highest BCUT2D eigenvalue weighted by atomic mass is 35.5. The molecule has 0 aliphatic carbocycles. The van der Waals surface area contributed by atoms with Crippen molar-refractivity contribution in [2.75, 3.05) is 7.05 Å². The molecule has 0 N–H and O–H groups in total. The van der Waals surface area contributed by atoms with Crippen LogP contribution < -0.4 is 4.87 Å². The Balaban J connectivity index is 1.59. The highest BCUT2D eigenvalue weighted by Gasteiger charge is 2.24. The van der Waals surface area contributed by atoms with Crippen molar-refractivity contribution in [2.45, 2.75) is 24.9 Å². The molecule has 2 aromatic carbocycles.